The first-order valence-corrected chi connectivity index (χ1v) is 9.28. The van der Waals surface area contributed by atoms with Crippen molar-refractivity contribution in [2.75, 3.05) is 13.2 Å². The van der Waals surface area contributed by atoms with E-state index in [-0.39, 0.29) is 11.3 Å². The molecule has 1 saturated heterocycles. The number of fused-ring (bicyclic) bond motifs is 1. The summed E-state index contributed by atoms with van der Waals surface area (Å²) in [6.07, 6.45) is 2.21. The van der Waals surface area contributed by atoms with Crippen LogP contribution in [0.25, 0.3) is 16.6 Å². The van der Waals surface area contributed by atoms with Gasteiger partial charge in [-0.1, -0.05) is 0 Å². The number of benzene rings is 2. The first-order chi connectivity index (χ1) is 14.1. The molecule has 0 unspecified atom stereocenters. The van der Waals surface area contributed by atoms with Gasteiger partial charge in [-0.15, -0.1) is 0 Å². The van der Waals surface area contributed by atoms with Crippen LogP contribution in [0.15, 0.2) is 53.3 Å². The number of non-ortho nitro benzene ring substituents is 1. The lowest BCUT2D eigenvalue weighted by Crippen LogP contribution is -2.28. The maximum absolute atomic E-state index is 12.8. The van der Waals surface area contributed by atoms with Crippen molar-refractivity contribution in [2.24, 2.45) is 0 Å². The van der Waals surface area contributed by atoms with Gasteiger partial charge in [0.15, 0.2) is 0 Å². The third kappa shape index (κ3) is 3.68. The summed E-state index contributed by atoms with van der Waals surface area (Å²) < 4.78 is 7.27. The highest BCUT2D eigenvalue weighted by atomic mass is 16.6. The van der Waals surface area contributed by atoms with Crippen molar-refractivity contribution >= 4 is 16.6 Å². The molecule has 1 aliphatic rings. The number of nitriles is 1. The van der Waals surface area contributed by atoms with E-state index in [1.165, 1.54) is 28.8 Å². The molecule has 4 rings (SSSR count). The quantitative estimate of drug-likeness (QED) is 0.530. The van der Waals surface area contributed by atoms with Crippen LogP contribution in [0.1, 0.15) is 18.4 Å². The van der Waals surface area contributed by atoms with Crippen molar-refractivity contribution in [3.8, 4) is 17.5 Å². The van der Waals surface area contributed by atoms with Crippen LogP contribution in [0.5, 0.6) is 5.75 Å². The Kier molecular flexibility index (Phi) is 4.97. The Morgan fingerprint density at radius 1 is 1.24 bits per heavy atom. The van der Waals surface area contributed by atoms with Gasteiger partial charge in [-0.25, -0.2) is 0 Å². The van der Waals surface area contributed by atoms with Crippen LogP contribution in [0.2, 0.25) is 0 Å². The van der Waals surface area contributed by atoms with Gasteiger partial charge in [0.2, 0.25) is 0 Å². The molecule has 0 saturated carbocycles. The monoisotopic (exact) mass is 390 g/mol. The SMILES string of the molecule is N#Cc1cc2cc(OC[C@@H]3CCCN3)ccc2n(-c2ccc([N+](=O)[O-])cc2)c1=O. The fraction of sp³-hybridized carbons (Fsp3) is 0.238. The number of nitrogens with zero attached hydrogens (tertiary/aromatic N) is 3. The number of ether oxygens (including phenoxy) is 1. The molecule has 29 heavy (non-hydrogen) atoms. The molecule has 8 heteroatoms. The Morgan fingerprint density at radius 3 is 2.69 bits per heavy atom. The number of aromatic nitrogens is 1. The zero-order chi connectivity index (χ0) is 20.4. The predicted molar refractivity (Wildman–Crippen MR) is 107 cm³/mol. The molecule has 1 aliphatic heterocycles. The lowest BCUT2D eigenvalue weighted by molar-refractivity contribution is -0.384. The van der Waals surface area contributed by atoms with E-state index in [2.05, 4.69) is 5.32 Å². The Hall–Kier alpha value is -3.70. The summed E-state index contributed by atoms with van der Waals surface area (Å²) >= 11 is 0. The van der Waals surface area contributed by atoms with E-state index >= 15 is 0 Å². The molecular weight excluding hydrogens is 372 g/mol. The van der Waals surface area contributed by atoms with E-state index < -0.39 is 10.5 Å². The number of pyridine rings is 1. The molecule has 2 heterocycles. The van der Waals surface area contributed by atoms with Crippen LogP contribution < -0.4 is 15.6 Å². The molecule has 1 aromatic heterocycles. The van der Waals surface area contributed by atoms with E-state index in [0.29, 0.717) is 35.0 Å². The molecular formula is C21H18N4O4. The molecule has 1 N–H and O–H groups in total. The molecule has 0 radical (unpaired) electrons. The average Bonchev–Trinajstić information content (AvgIpc) is 3.25. The molecule has 146 valence electrons. The first kappa shape index (κ1) is 18.7. The zero-order valence-corrected chi connectivity index (χ0v) is 15.5. The van der Waals surface area contributed by atoms with E-state index in [1.807, 2.05) is 6.07 Å². The minimum absolute atomic E-state index is 0.00883. The lowest BCUT2D eigenvalue weighted by atomic mass is 10.1. The highest BCUT2D eigenvalue weighted by Gasteiger charge is 2.16. The van der Waals surface area contributed by atoms with Crippen molar-refractivity contribution < 1.29 is 9.66 Å². The maximum Gasteiger partial charge on any atom is 0.273 e. The van der Waals surface area contributed by atoms with Crippen molar-refractivity contribution in [1.82, 2.24) is 9.88 Å². The summed E-state index contributed by atoms with van der Waals surface area (Å²) in [6, 6.07) is 14.8. The molecule has 3 aromatic rings. The van der Waals surface area contributed by atoms with Crippen LogP contribution in [-0.4, -0.2) is 28.7 Å². The van der Waals surface area contributed by atoms with Gasteiger partial charge < -0.3 is 10.1 Å². The molecule has 0 aliphatic carbocycles. The first-order valence-electron chi connectivity index (χ1n) is 9.28. The minimum atomic E-state index is -0.501. The van der Waals surface area contributed by atoms with E-state index in [4.69, 9.17) is 4.74 Å². The number of nitro benzene ring substituents is 1. The third-order valence-electron chi connectivity index (χ3n) is 5.03. The summed E-state index contributed by atoms with van der Waals surface area (Å²) in [7, 11) is 0. The van der Waals surface area contributed by atoms with Crippen molar-refractivity contribution in [3.05, 3.63) is 74.6 Å². The van der Waals surface area contributed by atoms with Crippen LogP contribution in [0.4, 0.5) is 5.69 Å². The topological polar surface area (TPSA) is 110 Å². The molecule has 2 aromatic carbocycles. The molecule has 0 amide bonds. The maximum atomic E-state index is 12.8. The highest BCUT2D eigenvalue weighted by molar-refractivity contribution is 5.83. The average molecular weight is 390 g/mol. The van der Waals surface area contributed by atoms with Crippen LogP contribution in [-0.2, 0) is 0 Å². The molecule has 0 spiro atoms. The number of nitro groups is 1. The number of nitrogens with one attached hydrogen (secondary N) is 1. The predicted octanol–water partition coefficient (Wildman–Crippen LogP) is 2.90. The second kappa shape index (κ2) is 7.73. The van der Waals surface area contributed by atoms with E-state index in [0.717, 1.165) is 19.4 Å². The second-order valence-electron chi connectivity index (χ2n) is 6.91. The van der Waals surface area contributed by atoms with Gasteiger partial charge >= 0.3 is 0 Å². The van der Waals surface area contributed by atoms with E-state index in [1.54, 1.807) is 24.3 Å². The largest absolute Gasteiger partial charge is 0.492 e. The number of hydrogen-bond donors (Lipinski definition) is 1. The third-order valence-corrected chi connectivity index (χ3v) is 5.03. The standard InChI is InChI=1S/C21H18N4O4/c22-12-15-10-14-11-19(29-13-16-2-1-9-23-16)7-8-20(14)24(21(15)26)17-3-5-18(6-4-17)25(27)28/h3-8,10-11,16,23H,1-2,9,13H2/t16-/m0/s1. The summed E-state index contributed by atoms with van der Waals surface area (Å²) in [6.45, 7) is 1.55. The van der Waals surface area contributed by atoms with Crippen molar-refractivity contribution in [1.29, 1.82) is 5.26 Å². The van der Waals surface area contributed by atoms with Gasteiger partial charge in [0.25, 0.3) is 11.2 Å². The summed E-state index contributed by atoms with van der Waals surface area (Å²) in [4.78, 5) is 23.2. The highest BCUT2D eigenvalue weighted by Crippen LogP contribution is 2.24. The molecule has 1 fully saturated rings. The van der Waals surface area contributed by atoms with Crippen molar-refractivity contribution in [2.45, 2.75) is 18.9 Å². The molecule has 0 bridgehead atoms. The Morgan fingerprint density at radius 2 is 2.03 bits per heavy atom. The fourth-order valence-corrected chi connectivity index (χ4v) is 3.54. The van der Waals surface area contributed by atoms with Gasteiger partial charge in [-0.2, -0.15) is 5.26 Å². The summed E-state index contributed by atoms with van der Waals surface area (Å²) in [5.74, 6) is 0.656. The minimum Gasteiger partial charge on any atom is -0.492 e. The van der Waals surface area contributed by atoms with Crippen LogP contribution >= 0.6 is 0 Å². The second-order valence-corrected chi connectivity index (χ2v) is 6.91. The normalized spacial score (nSPS) is 15.9. The number of rotatable bonds is 5. The Bertz CT molecular complexity index is 1170. The Labute approximate surface area is 166 Å². The van der Waals surface area contributed by atoms with Crippen LogP contribution in [0, 0.1) is 21.4 Å². The molecule has 1 atom stereocenters. The van der Waals surface area contributed by atoms with Gasteiger partial charge in [0.1, 0.15) is 24.0 Å². The van der Waals surface area contributed by atoms with E-state index in [9.17, 15) is 20.2 Å². The smallest absolute Gasteiger partial charge is 0.273 e. The molecule has 8 nitrogen and oxygen atoms in total. The summed E-state index contributed by atoms with van der Waals surface area (Å²) in [5, 5.41) is 24.3. The lowest BCUT2D eigenvalue weighted by Gasteiger charge is -2.14. The fourth-order valence-electron chi connectivity index (χ4n) is 3.54. The Balaban J connectivity index is 1.76. The van der Waals surface area contributed by atoms with Gasteiger partial charge in [-0.3, -0.25) is 19.5 Å². The van der Waals surface area contributed by atoms with Crippen LogP contribution in [0.3, 0.4) is 0 Å². The zero-order valence-electron chi connectivity index (χ0n) is 15.5. The van der Waals surface area contributed by atoms with Gasteiger partial charge in [0.05, 0.1) is 10.4 Å². The van der Waals surface area contributed by atoms with Gasteiger partial charge in [0, 0.05) is 29.2 Å². The summed E-state index contributed by atoms with van der Waals surface area (Å²) in [5.41, 5.74) is 0.489. The van der Waals surface area contributed by atoms with Gasteiger partial charge in [-0.05, 0) is 55.8 Å². The number of hydrogen-bond acceptors (Lipinski definition) is 6. The van der Waals surface area contributed by atoms with Crippen molar-refractivity contribution in [3.63, 3.8) is 0 Å².